The van der Waals surface area contributed by atoms with Gasteiger partial charge in [0.25, 0.3) is 5.91 Å². The molecular formula is C14H16N4O2. The summed E-state index contributed by atoms with van der Waals surface area (Å²) < 4.78 is 5.21. The zero-order valence-electron chi connectivity index (χ0n) is 11.3. The highest BCUT2D eigenvalue weighted by atomic mass is 16.5. The van der Waals surface area contributed by atoms with Crippen molar-refractivity contribution in [3.05, 3.63) is 47.7 Å². The molecule has 4 N–H and O–H groups in total. The van der Waals surface area contributed by atoms with Gasteiger partial charge < -0.3 is 15.5 Å². The van der Waals surface area contributed by atoms with E-state index in [1.54, 1.807) is 31.4 Å². The number of methoxy groups -OCH3 is 1. The Bertz CT molecular complexity index is 628. The molecule has 0 aliphatic carbocycles. The smallest absolute Gasteiger partial charge is 0.274 e. The zero-order chi connectivity index (χ0) is 14.5. The van der Waals surface area contributed by atoms with E-state index in [0.29, 0.717) is 17.3 Å². The van der Waals surface area contributed by atoms with Crippen LogP contribution in [0.15, 0.2) is 36.4 Å². The van der Waals surface area contributed by atoms with Crippen LogP contribution in [0.5, 0.6) is 5.75 Å². The van der Waals surface area contributed by atoms with Crippen LogP contribution in [0.4, 0.5) is 11.5 Å². The molecule has 0 atom stereocenters. The van der Waals surface area contributed by atoms with Crippen molar-refractivity contribution in [2.75, 3.05) is 17.9 Å². The summed E-state index contributed by atoms with van der Waals surface area (Å²) in [4.78, 5) is 16.2. The number of aromatic nitrogens is 1. The van der Waals surface area contributed by atoms with Crippen molar-refractivity contribution in [1.82, 2.24) is 4.98 Å². The maximum atomic E-state index is 12.2. The lowest BCUT2D eigenvalue weighted by atomic mass is 10.2. The van der Waals surface area contributed by atoms with Gasteiger partial charge in [-0.3, -0.25) is 4.79 Å². The van der Waals surface area contributed by atoms with Gasteiger partial charge in [-0.1, -0.05) is 12.1 Å². The summed E-state index contributed by atoms with van der Waals surface area (Å²) in [5, 5.41) is 2.77. The van der Waals surface area contributed by atoms with E-state index in [1.165, 1.54) is 0 Å². The van der Waals surface area contributed by atoms with Crippen molar-refractivity contribution in [2.45, 2.75) is 6.92 Å². The summed E-state index contributed by atoms with van der Waals surface area (Å²) in [6.45, 7) is 1.94. The van der Waals surface area contributed by atoms with Crippen LogP contribution in [0.25, 0.3) is 0 Å². The number of amides is 1. The molecule has 2 aromatic rings. The maximum absolute atomic E-state index is 12.2. The van der Waals surface area contributed by atoms with Crippen LogP contribution in [-0.2, 0) is 0 Å². The number of ether oxygens (including phenoxy) is 1. The largest absolute Gasteiger partial charge is 0.495 e. The van der Waals surface area contributed by atoms with Crippen LogP contribution in [0, 0.1) is 6.92 Å². The maximum Gasteiger partial charge on any atom is 0.274 e. The molecule has 0 radical (unpaired) electrons. The molecule has 6 nitrogen and oxygen atoms in total. The van der Waals surface area contributed by atoms with Gasteiger partial charge in [0.1, 0.15) is 17.3 Å². The summed E-state index contributed by atoms with van der Waals surface area (Å²) in [6, 6.07) is 10.5. The topological polar surface area (TPSA) is 89.3 Å². The molecule has 0 aliphatic heterocycles. The number of rotatable bonds is 4. The Morgan fingerprint density at radius 3 is 2.80 bits per heavy atom. The van der Waals surface area contributed by atoms with Crippen molar-refractivity contribution in [3.63, 3.8) is 0 Å². The Kier molecular flexibility index (Phi) is 4.17. The molecule has 0 unspecified atom stereocenters. The van der Waals surface area contributed by atoms with Crippen LogP contribution >= 0.6 is 0 Å². The Hall–Kier alpha value is -2.60. The lowest BCUT2D eigenvalue weighted by Gasteiger charge is -2.11. The summed E-state index contributed by atoms with van der Waals surface area (Å²) in [5.74, 6) is 5.96. The number of nitrogen functional groups attached to an aromatic ring is 1. The lowest BCUT2D eigenvalue weighted by molar-refractivity contribution is 0.102. The van der Waals surface area contributed by atoms with Gasteiger partial charge >= 0.3 is 0 Å². The van der Waals surface area contributed by atoms with Gasteiger partial charge in [-0.25, -0.2) is 10.8 Å². The minimum atomic E-state index is -0.328. The third-order valence-electron chi connectivity index (χ3n) is 2.73. The highest BCUT2D eigenvalue weighted by Crippen LogP contribution is 2.25. The van der Waals surface area contributed by atoms with Crippen molar-refractivity contribution < 1.29 is 9.53 Å². The summed E-state index contributed by atoms with van der Waals surface area (Å²) in [7, 11) is 1.55. The average molecular weight is 272 g/mol. The molecular weight excluding hydrogens is 256 g/mol. The summed E-state index contributed by atoms with van der Waals surface area (Å²) in [6.07, 6.45) is 0. The molecule has 6 heteroatoms. The van der Waals surface area contributed by atoms with Crippen LogP contribution in [0.1, 0.15) is 16.1 Å². The van der Waals surface area contributed by atoms with Crippen molar-refractivity contribution in [3.8, 4) is 5.75 Å². The first kappa shape index (κ1) is 13.8. The van der Waals surface area contributed by atoms with Crippen LogP contribution in [-0.4, -0.2) is 18.0 Å². The number of hydrogen-bond donors (Lipinski definition) is 3. The molecule has 1 amide bonds. The van der Waals surface area contributed by atoms with Gasteiger partial charge in [-0.05, 0) is 36.8 Å². The number of benzene rings is 1. The summed E-state index contributed by atoms with van der Waals surface area (Å²) >= 11 is 0. The molecule has 0 saturated carbocycles. The van der Waals surface area contributed by atoms with Crippen LogP contribution in [0.2, 0.25) is 0 Å². The molecule has 104 valence electrons. The molecule has 1 heterocycles. The Morgan fingerprint density at radius 2 is 2.10 bits per heavy atom. The minimum Gasteiger partial charge on any atom is -0.495 e. The number of hydrazine groups is 1. The molecule has 0 fully saturated rings. The zero-order valence-corrected chi connectivity index (χ0v) is 11.3. The van der Waals surface area contributed by atoms with E-state index in [1.807, 2.05) is 19.1 Å². The highest BCUT2D eigenvalue weighted by molar-refractivity contribution is 6.03. The fourth-order valence-electron chi connectivity index (χ4n) is 1.75. The predicted octanol–water partition coefficient (Wildman–Crippen LogP) is 1.94. The number of carbonyl (C=O) groups is 1. The lowest BCUT2D eigenvalue weighted by Crippen LogP contribution is -2.16. The second-order valence-corrected chi connectivity index (χ2v) is 4.21. The van der Waals surface area contributed by atoms with Gasteiger partial charge in [0, 0.05) is 0 Å². The molecule has 0 aliphatic rings. The van der Waals surface area contributed by atoms with E-state index < -0.39 is 0 Å². The van der Waals surface area contributed by atoms with Gasteiger partial charge in [-0.2, -0.15) is 0 Å². The van der Waals surface area contributed by atoms with Gasteiger partial charge in [0.2, 0.25) is 0 Å². The number of anilines is 2. The van der Waals surface area contributed by atoms with Crippen LogP contribution in [0.3, 0.4) is 0 Å². The van der Waals surface area contributed by atoms with Gasteiger partial charge in [-0.15, -0.1) is 0 Å². The van der Waals surface area contributed by atoms with Gasteiger partial charge in [0.15, 0.2) is 0 Å². The van der Waals surface area contributed by atoms with E-state index in [-0.39, 0.29) is 11.6 Å². The number of hydrogen-bond acceptors (Lipinski definition) is 5. The highest BCUT2D eigenvalue weighted by Gasteiger charge is 2.11. The second kappa shape index (κ2) is 6.03. The number of nitrogens with zero attached hydrogens (tertiary/aromatic N) is 1. The first-order chi connectivity index (χ1) is 9.63. The number of nitrogens with two attached hydrogens (primary N) is 1. The van der Waals surface area contributed by atoms with Crippen molar-refractivity contribution >= 4 is 17.4 Å². The van der Waals surface area contributed by atoms with E-state index in [2.05, 4.69) is 15.7 Å². The number of carbonyl (C=O) groups excluding carboxylic acids is 1. The fourth-order valence-corrected chi connectivity index (χ4v) is 1.75. The van der Waals surface area contributed by atoms with E-state index in [0.717, 1.165) is 5.56 Å². The Morgan fingerprint density at radius 1 is 1.30 bits per heavy atom. The molecule has 0 bridgehead atoms. The third kappa shape index (κ3) is 3.04. The molecule has 0 saturated heterocycles. The molecule has 1 aromatic carbocycles. The SMILES string of the molecule is COc1ccc(C)cc1NC(=O)c1cccc(NN)n1. The standard InChI is InChI=1S/C14H16N4O2/c1-9-6-7-12(20-2)11(8-9)17-14(19)10-4-3-5-13(16-10)18-15/h3-8H,15H2,1-2H3,(H,16,18)(H,17,19). The molecule has 0 spiro atoms. The molecule has 1 aromatic heterocycles. The van der Waals surface area contributed by atoms with E-state index in [9.17, 15) is 4.79 Å². The quantitative estimate of drug-likeness (QED) is 0.584. The van der Waals surface area contributed by atoms with Crippen LogP contribution < -0.4 is 21.3 Å². The van der Waals surface area contributed by atoms with Crippen molar-refractivity contribution in [2.24, 2.45) is 5.84 Å². The molecule has 2 rings (SSSR count). The normalized spacial score (nSPS) is 9.95. The first-order valence-electron chi connectivity index (χ1n) is 6.03. The first-order valence-corrected chi connectivity index (χ1v) is 6.03. The Balaban J connectivity index is 2.25. The Labute approximate surface area is 116 Å². The van der Waals surface area contributed by atoms with E-state index >= 15 is 0 Å². The molecule has 20 heavy (non-hydrogen) atoms. The van der Waals surface area contributed by atoms with Crippen molar-refractivity contribution in [1.29, 1.82) is 0 Å². The second-order valence-electron chi connectivity index (χ2n) is 4.21. The number of pyridine rings is 1. The predicted molar refractivity (Wildman–Crippen MR) is 77.7 cm³/mol. The van der Waals surface area contributed by atoms with E-state index in [4.69, 9.17) is 10.6 Å². The average Bonchev–Trinajstić information content (AvgIpc) is 2.47. The number of nitrogens with one attached hydrogen (secondary N) is 2. The minimum absolute atomic E-state index is 0.268. The van der Waals surface area contributed by atoms with Gasteiger partial charge in [0.05, 0.1) is 12.8 Å². The summed E-state index contributed by atoms with van der Waals surface area (Å²) in [5.41, 5.74) is 4.29. The monoisotopic (exact) mass is 272 g/mol. The fraction of sp³-hybridized carbons (Fsp3) is 0.143. The number of aryl methyl sites for hydroxylation is 1. The third-order valence-corrected chi connectivity index (χ3v) is 2.73.